The van der Waals surface area contributed by atoms with Crippen LogP contribution in [-0.4, -0.2) is 46.7 Å². The Balaban J connectivity index is 1.50. The fourth-order valence-electron chi connectivity index (χ4n) is 2.54. The largest absolute Gasteiger partial charge is 0.461 e. The summed E-state index contributed by atoms with van der Waals surface area (Å²) in [5, 5.41) is 10.5. The molecule has 2 N–H and O–H groups in total. The van der Waals surface area contributed by atoms with Gasteiger partial charge in [0, 0.05) is 38.1 Å². The number of aliphatic imine (C=N–C) groups is 1. The van der Waals surface area contributed by atoms with E-state index in [0.29, 0.717) is 24.6 Å². The molecule has 26 heavy (non-hydrogen) atoms. The number of rotatable bonds is 6. The van der Waals surface area contributed by atoms with Crippen molar-refractivity contribution in [2.45, 2.75) is 13.0 Å². The van der Waals surface area contributed by atoms with Crippen molar-refractivity contribution in [3.8, 4) is 11.6 Å². The highest BCUT2D eigenvalue weighted by molar-refractivity contribution is 9.10. The fourth-order valence-corrected chi connectivity index (χ4v) is 2.80. The number of aromatic amines is 1. The van der Waals surface area contributed by atoms with Crippen LogP contribution in [0.5, 0.6) is 0 Å². The summed E-state index contributed by atoms with van der Waals surface area (Å²) in [6.07, 6.45) is 2.32. The molecule has 0 unspecified atom stereocenters. The van der Waals surface area contributed by atoms with E-state index in [9.17, 15) is 0 Å². The third kappa shape index (κ3) is 4.72. The molecule has 0 fully saturated rings. The lowest BCUT2D eigenvalue weighted by atomic mass is 10.2. The van der Waals surface area contributed by atoms with E-state index in [1.807, 2.05) is 31.3 Å². The molecule has 2 aromatic heterocycles. The van der Waals surface area contributed by atoms with Gasteiger partial charge in [-0.05, 0) is 29.8 Å². The molecule has 0 atom stereocenters. The summed E-state index contributed by atoms with van der Waals surface area (Å²) in [6.45, 7) is 1.47. The van der Waals surface area contributed by atoms with E-state index in [0.717, 1.165) is 22.8 Å². The van der Waals surface area contributed by atoms with Crippen molar-refractivity contribution in [3.05, 3.63) is 58.5 Å². The number of hydrogen-bond donors (Lipinski definition) is 2. The molecule has 0 saturated heterocycles. The molecule has 8 heteroatoms. The Labute approximate surface area is 160 Å². The van der Waals surface area contributed by atoms with E-state index in [4.69, 9.17) is 4.42 Å². The van der Waals surface area contributed by atoms with Gasteiger partial charge in [-0.15, -0.1) is 0 Å². The molecular formula is C18H21BrN6O. The Hall–Kier alpha value is -2.61. The summed E-state index contributed by atoms with van der Waals surface area (Å²) in [6, 6.07) is 11.9. The maximum Gasteiger partial charge on any atom is 0.216 e. The lowest BCUT2D eigenvalue weighted by molar-refractivity contribution is 0.477. The third-order valence-electron chi connectivity index (χ3n) is 3.82. The number of hydrogen-bond acceptors (Lipinski definition) is 4. The molecule has 0 aliphatic heterocycles. The van der Waals surface area contributed by atoms with Gasteiger partial charge in [0.25, 0.3) is 0 Å². The van der Waals surface area contributed by atoms with Crippen LogP contribution in [0.15, 0.2) is 56.5 Å². The molecule has 0 bridgehead atoms. The molecule has 0 radical (unpaired) electrons. The molecule has 0 amide bonds. The van der Waals surface area contributed by atoms with Crippen LogP contribution in [0.25, 0.3) is 11.6 Å². The number of nitrogens with zero attached hydrogens (tertiary/aromatic N) is 4. The Kier molecular flexibility index (Phi) is 6.06. The van der Waals surface area contributed by atoms with Crippen molar-refractivity contribution in [2.24, 2.45) is 4.99 Å². The summed E-state index contributed by atoms with van der Waals surface area (Å²) in [5.41, 5.74) is 1.22. The summed E-state index contributed by atoms with van der Waals surface area (Å²) in [7, 11) is 3.80. The predicted octanol–water partition coefficient (Wildman–Crippen LogP) is 3.08. The van der Waals surface area contributed by atoms with E-state index in [2.05, 4.69) is 58.5 Å². The number of guanidine groups is 1. The standard InChI is InChI=1S/C18H21BrN6O/c1-20-18(25(2)12-13-5-7-14(19)8-6-13)21-10-9-16-22-17(24-23-16)15-4-3-11-26-15/h3-8,11H,9-10,12H2,1-2H3,(H,20,21)(H,22,23,24). The van der Waals surface area contributed by atoms with Crippen molar-refractivity contribution in [1.29, 1.82) is 0 Å². The zero-order chi connectivity index (χ0) is 18.4. The molecule has 0 spiro atoms. The number of benzene rings is 1. The van der Waals surface area contributed by atoms with Gasteiger partial charge in [-0.1, -0.05) is 28.1 Å². The highest BCUT2D eigenvalue weighted by Gasteiger charge is 2.10. The number of H-pyrrole nitrogens is 1. The number of furan rings is 1. The van der Waals surface area contributed by atoms with Crippen molar-refractivity contribution in [2.75, 3.05) is 20.6 Å². The Morgan fingerprint density at radius 1 is 1.31 bits per heavy atom. The summed E-state index contributed by atoms with van der Waals surface area (Å²) in [4.78, 5) is 10.9. The van der Waals surface area contributed by atoms with Crippen LogP contribution in [0.1, 0.15) is 11.4 Å². The van der Waals surface area contributed by atoms with Gasteiger partial charge in [0.05, 0.1) is 6.26 Å². The molecule has 3 rings (SSSR count). The quantitative estimate of drug-likeness (QED) is 0.476. The smallest absolute Gasteiger partial charge is 0.216 e. The second kappa shape index (κ2) is 8.66. The molecule has 136 valence electrons. The second-order valence-electron chi connectivity index (χ2n) is 5.79. The van der Waals surface area contributed by atoms with Gasteiger partial charge in [-0.2, -0.15) is 5.10 Å². The normalized spacial score (nSPS) is 11.6. The number of aromatic nitrogens is 3. The molecule has 0 aliphatic rings. The SMILES string of the molecule is CN=C(NCCc1nc(-c2ccco2)n[nH]1)N(C)Cc1ccc(Br)cc1. The lowest BCUT2D eigenvalue weighted by Gasteiger charge is -2.22. The second-order valence-corrected chi connectivity index (χ2v) is 6.71. The number of nitrogens with one attached hydrogen (secondary N) is 2. The minimum atomic E-state index is 0.571. The Morgan fingerprint density at radius 3 is 2.81 bits per heavy atom. The van der Waals surface area contributed by atoms with Crippen molar-refractivity contribution in [3.63, 3.8) is 0 Å². The summed E-state index contributed by atoms with van der Waals surface area (Å²) >= 11 is 3.46. The fraction of sp³-hybridized carbons (Fsp3) is 0.278. The minimum absolute atomic E-state index is 0.571. The molecule has 0 aliphatic carbocycles. The molecule has 1 aromatic carbocycles. The minimum Gasteiger partial charge on any atom is -0.461 e. The molecule has 2 heterocycles. The third-order valence-corrected chi connectivity index (χ3v) is 4.35. The van der Waals surface area contributed by atoms with Crippen LogP contribution in [0.4, 0.5) is 0 Å². The highest BCUT2D eigenvalue weighted by Crippen LogP contribution is 2.14. The maximum absolute atomic E-state index is 5.30. The van der Waals surface area contributed by atoms with Gasteiger partial charge in [0.2, 0.25) is 5.82 Å². The zero-order valence-electron chi connectivity index (χ0n) is 14.7. The van der Waals surface area contributed by atoms with Crippen LogP contribution in [0, 0.1) is 0 Å². The maximum atomic E-state index is 5.30. The lowest BCUT2D eigenvalue weighted by Crippen LogP contribution is -2.39. The predicted molar refractivity (Wildman–Crippen MR) is 105 cm³/mol. The van der Waals surface area contributed by atoms with Gasteiger partial charge in [0.15, 0.2) is 11.7 Å². The van der Waals surface area contributed by atoms with Gasteiger partial charge in [-0.3, -0.25) is 10.1 Å². The first kappa shape index (κ1) is 18.2. The first-order valence-electron chi connectivity index (χ1n) is 8.27. The van der Waals surface area contributed by atoms with E-state index in [1.54, 1.807) is 13.3 Å². The topological polar surface area (TPSA) is 82.3 Å². The average molecular weight is 417 g/mol. The van der Waals surface area contributed by atoms with Crippen molar-refractivity contribution >= 4 is 21.9 Å². The van der Waals surface area contributed by atoms with E-state index in [-0.39, 0.29) is 0 Å². The van der Waals surface area contributed by atoms with Crippen LogP contribution in [0.2, 0.25) is 0 Å². The highest BCUT2D eigenvalue weighted by atomic mass is 79.9. The Morgan fingerprint density at radius 2 is 2.12 bits per heavy atom. The van der Waals surface area contributed by atoms with Crippen LogP contribution in [0.3, 0.4) is 0 Å². The van der Waals surface area contributed by atoms with E-state index >= 15 is 0 Å². The van der Waals surface area contributed by atoms with Gasteiger partial charge in [0.1, 0.15) is 5.82 Å². The first-order valence-corrected chi connectivity index (χ1v) is 9.06. The van der Waals surface area contributed by atoms with Crippen LogP contribution < -0.4 is 5.32 Å². The molecule has 0 saturated carbocycles. The number of halogens is 1. The monoisotopic (exact) mass is 416 g/mol. The van der Waals surface area contributed by atoms with Crippen LogP contribution in [-0.2, 0) is 13.0 Å². The van der Waals surface area contributed by atoms with E-state index < -0.39 is 0 Å². The van der Waals surface area contributed by atoms with Gasteiger partial charge in [-0.25, -0.2) is 4.98 Å². The van der Waals surface area contributed by atoms with Crippen molar-refractivity contribution < 1.29 is 4.42 Å². The summed E-state index contributed by atoms with van der Waals surface area (Å²) in [5.74, 6) is 2.86. The molecule has 7 nitrogen and oxygen atoms in total. The average Bonchev–Trinajstić information content (AvgIpc) is 3.32. The van der Waals surface area contributed by atoms with E-state index in [1.165, 1.54) is 5.56 Å². The van der Waals surface area contributed by atoms with Crippen molar-refractivity contribution in [1.82, 2.24) is 25.4 Å². The first-order chi connectivity index (χ1) is 12.7. The molecule has 3 aromatic rings. The zero-order valence-corrected chi connectivity index (χ0v) is 16.3. The van der Waals surface area contributed by atoms with Gasteiger partial charge < -0.3 is 14.6 Å². The van der Waals surface area contributed by atoms with Crippen LogP contribution >= 0.6 is 15.9 Å². The Bertz CT molecular complexity index is 841. The van der Waals surface area contributed by atoms with Gasteiger partial charge >= 0.3 is 0 Å². The molecular weight excluding hydrogens is 396 g/mol. The summed E-state index contributed by atoms with van der Waals surface area (Å²) < 4.78 is 6.38.